The molecule has 0 radical (unpaired) electrons. The fraction of sp³-hybridized carbons (Fsp3) is 0.800. The van der Waals surface area contributed by atoms with Crippen molar-refractivity contribution in [1.82, 2.24) is 0 Å². The summed E-state index contributed by atoms with van der Waals surface area (Å²) >= 11 is 0. The van der Waals surface area contributed by atoms with Crippen LogP contribution in [-0.4, -0.2) is 19.5 Å². The molecular formula is C10H18O2. The summed E-state index contributed by atoms with van der Waals surface area (Å²) < 4.78 is 10.8. The number of allylic oxidation sites excluding steroid dienone is 2. The summed E-state index contributed by atoms with van der Waals surface area (Å²) in [6, 6.07) is 0. The molecule has 1 saturated heterocycles. The molecule has 0 bridgehead atoms. The van der Waals surface area contributed by atoms with Crippen molar-refractivity contribution in [3.05, 3.63) is 11.6 Å². The van der Waals surface area contributed by atoms with Crippen LogP contribution >= 0.6 is 0 Å². The molecule has 2 nitrogen and oxygen atoms in total. The van der Waals surface area contributed by atoms with Crippen LogP contribution in [0.25, 0.3) is 0 Å². The Bertz CT molecular complexity index is 142. The Labute approximate surface area is 74.6 Å². The Morgan fingerprint density at radius 2 is 2.00 bits per heavy atom. The first-order valence-electron chi connectivity index (χ1n) is 4.65. The molecule has 2 heteroatoms. The van der Waals surface area contributed by atoms with Crippen LogP contribution in [0.2, 0.25) is 0 Å². The summed E-state index contributed by atoms with van der Waals surface area (Å²) in [6.45, 7) is 5.95. The van der Waals surface area contributed by atoms with Crippen LogP contribution in [0.4, 0.5) is 0 Å². The van der Waals surface area contributed by atoms with E-state index in [0.29, 0.717) is 0 Å². The van der Waals surface area contributed by atoms with Crippen molar-refractivity contribution in [3.63, 3.8) is 0 Å². The van der Waals surface area contributed by atoms with Crippen LogP contribution in [0.1, 0.15) is 33.1 Å². The van der Waals surface area contributed by atoms with E-state index in [-0.39, 0.29) is 6.29 Å². The average molecular weight is 170 g/mol. The SMILES string of the molecule is CC(C)=CCCC1OCCCO1. The molecule has 1 heterocycles. The zero-order valence-corrected chi connectivity index (χ0v) is 8.01. The van der Waals surface area contributed by atoms with E-state index < -0.39 is 0 Å². The fourth-order valence-corrected chi connectivity index (χ4v) is 1.21. The molecular weight excluding hydrogens is 152 g/mol. The van der Waals surface area contributed by atoms with E-state index in [1.807, 2.05) is 0 Å². The molecule has 0 unspecified atom stereocenters. The fourth-order valence-electron chi connectivity index (χ4n) is 1.21. The van der Waals surface area contributed by atoms with Crippen molar-refractivity contribution in [1.29, 1.82) is 0 Å². The van der Waals surface area contributed by atoms with Crippen molar-refractivity contribution in [3.8, 4) is 0 Å². The van der Waals surface area contributed by atoms with Gasteiger partial charge in [0.25, 0.3) is 0 Å². The molecule has 0 aromatic carbocycles. The molecule has 70 valence electrons. The van der Waals surface area contributed by atoms with E-state index in [2.05, 4.69) is 19.9 Å². The lowest BCUT2D eigenvalue weighted by Gasteiger charge is -2.22. The van der Waals surface area contributed by atoms with Crippen molar-refractivity contribution >= 4 is 0 Å². The molecule has 0 aromatic heterocycles. The number of rotatable bonds is 3. The molecule has 0 aliphatic carbocycles. The molecule has 1 fully saturated rings. The van der Waals surface area contributed by atoms with Crippen LogP contribution < -0.4 is 0 Å². The third kappa shape index (κ3) is 3.88. The molecule has 0 amide bonds. The Morgan fingerprint density at radius 1 is 1.33 bits per heavy atom. The second-order valence-corrected chi connectivity index (χ2v) is 3.38. The molecule has 0 N–H and O–H groups in total. The number of ether oxygens (including phenoxy) is 2. The quantitative estimate of drug-likeness (QED) is 0.606. The summed E-state index contributed by atoms with van der Waals surface area (Å²) in [6.07, 6.45) is 5.37. The maximum absolute atomic E-state index is 5.41. The maximum atomic E-state index is 5.41. The molecule has 1 rings (SSSR count). The van der Waals surface area contributed by atoms with Crippen LogP contribution in [0, 0.1) is 0 Å². The van der Waals surface area contributed by atoms with Gasteiger partial charge in [0, 0.05) is 6.42 Å². The van der Waals surface area contributed by atoms with E-state index >= 15 is 0 Å². The number of hydrogen-bond acceptors (Lipinski definition) is 2. The highest BCUT2D eigenvalue weighted by molar-refractivity contribution is 4.92. The lowest BCUT2D eigenvalue weighted by Crippen LogP contribution is -2.24. The highest BCUT2D eigenvalue weighted by Crippen LogP contribution is 2.11. The van der Waals surface area contributed by atoms with E-state index in [1.54, 1.807) is 0 Å². The van der Waals surface area contributed by atoms with Crippen molar-refractivity contribution < 1.29 is 9.47 Å². The van der Waals surface area contributed by atoms with Gasteiger partial charge < -0.3 is 9.47 Å². The highest BCUT2D eigenvalue weighted by Gasteiger charge is 2.12. The lowest BCUT2D eigenvalue weighted by atomic mass is 10.2. The minimum atomic E-state index is 0.0503. The Hall–Kier alpha value is -0.340. The predicted octanol–water partition coefficient (Wildman–Crippen LogP) is 2.50. The Morgan fingerprint density at radius 3 is 2.58 bits per heavy atom. The predicted molar refractivity (Wildman–Crippen MR) is 49.0 cm³/mol. The summed E-state index contributed by atoms with van der Waals surface area (Å²) in [5, 5.41) is 0. The zero-order valence-electron chi connectivity index (χ0n) is 8.01. The molecule has 0 atom stereocenters. The van der Waals surface area contributed by atoms with Gasteiger partial charge in [0.05, 0.1) is 13.2 Å². The van der Waals surface area contributed by atoms with Gasteiger partial charge in [-0.25, -0.2) is 0 Å². The van der Waals surface area contributed by atoms with Gasteiger partial charge in [-0.05, 0) is 26.7 Å². The molecule has 0 aromatic rings. The van der Waals surface area contributed by atoms with Gasteiger partial charge in [0.2, 0.25) is 0 Å². The summed E-state index contributed by atoms with van der Waals surface area (Å²) in [5.41, 5.74) is 1.37. The van der Waals surface area contributed by atoms with E-state index in [0.717, 1.165) is 32.5 Å². The third-order valence-electron chi connectivity index (χ3n) is 1.85. The largest absolute Gasteiger partial charge is 0.353 e. The molecule has 1 aliphatic rings. The van der Waals surface area contributed by atoms with Crippen LogP contribution in [-0.2, 0) is 9.47 Å². The molecule has 0 spiro atoms. The summed E-state index contributed by atoms with van der Waals surface area (Å²) in [4.78, 5) is 0. The first-order valence-corrected chi connectivity index (χ1v) is 4.65. The Balaban J connectivity index is 2.09. The van der Waals surface area contributed by atoms with Crippen molar-refractivity contribution in [2.75, 3.05) is 13.2 Å². The van der Waals surface area contributed by atoms with Gasteiger partial charge in [0.15, 0.2) is 6.29 Å². The first-order chi connectivity index (χ1) is 5.79. The highest BCUT2D eigenvalue weighted by atomic mass is 16.7. The topological polar surface area (TPSA) is 18.5 Å². The minimum absolute atomic E-state index is 0.0503. The van der Waals surface area contributed by atoms with E-state index in [1.165, 1.54) is 5.57 Å². The lowest BCUT2D eigenvalue weighted by molar-refractivity contribution is -0.180. The Kier molecular flexibility index (Phi) is 4.33. The normalized spacial score (nSPS) is 19.2. The summed E-state index contributed by atoms with van der Waals surface area (Å²) in [7, 11) is 0. The van der Waals surface area contributed by atoms with Gasteiger partial charge in [-0.15, -0.1) is 0 Å². The number of hydrogen-bond donors (Lipinski definition) is 0. The van der Waals surface area contributed by atoms with Gasteiger partial charge >= 0.3 is 0 Å². The van der Waals surface area contributed by atoms with Crippen LogP contribution in [0.3, 0.4) is 0 Å². The van der Waals surface area contributed by atoms with E-state index in [4.69, 9.17) is 9.47 Å². The smallest absolute Gasteiger partial charge is 0.157 e. The average Bonchev–Trinajstić information content (AvgIpc) is 2.05. The standard InChI is InChI=1S/C10H18O2/c1-9(2)5-3-6-10-11-7-4-8-12-10/h5,10H,3-4,6-8H2,1-2H3. The summed E-state index contributed by atoms with van der Waals surface area (Å²) in [5.74, 6) is 0. The monoisotopic (exact) mass is 170 g/mol. The third-order valence-corrected chi connectivity index (χ3v) is 1.85. The van der Waals surface area contributed by atoms with Gasteiger partial charge in [-0.2, -0.15) is 0 Å². The molecule has 1 aliphatic heterocycles. The van der Waals surface area contributed by atoms with Crippen LogP contribution in [0.15, 0.2) is 11.6 Å². The molecule has 0 saturated carbocycles. The first kappa shape index (κ1) is 9.75. The van der Waals surface area contributed by atoms with Gasteiger partial charge in [0.1, 0.15) is 0 Å². The van der Waals surface area contributed by atoms with Gasteiger partial charge in [-0.1, -0.05) is 11.6 Å². The second-order valence-electron chi connectivity index (χ2n) is 3.38. The minimum Gasteiger partial charge on any atom is -0.353 e. The van der Waals surface area contributed by atoms with Crippen molar-refractivity contribution in [2.45, 2.75) is 39.4 Å². The zero-order chi connectivity index (χ0) is 8.81. The van der Waals surface area contributed by atoms with Crippen molar-refractivity contribution in [2.24, 2.45) is 0 Å². The van der Waals surface area contributed by atoms with E-state index in [9.17, 15) is 0 Å². The second kappa shape index (κ2) is 5.33. The van der Waals surface area contributed by atoms with Crippen LogP contribution in [0.5, 0.6) is 0 Å². The maximum Gasteiger partial charge on any atom is 0.157 e. The van der Waals surface area contributed by atoms with Gasteiger partial charge in [-0.3, -0.25) is 0 Å². The molecule has 12 heavy (non-hydrogen) atoms.